The summed E-state index contributed by atoms with van der Waals surface area (Å²) in [6.45, 7) is 11.0. The lowest BCUT2D eigenvalue weighted by molar-refractivity contribution is -0.142. The standard InChI is InChI=1S/10C3H6O3.15H3O4P/c10*1-2(4)3(5)6;15*1-5(2,3)4/h10*3,5-6H,1H3;15*(H3,1,2,3,4). The molecule has 65 N–H and O–H groups in total. The third kappa shape index (κ3) is 1570. The highest BCUT2D eigenvalue weighted by Gasteiger charge is 2.10. The van der Waals surface area contributed by atoms with Crippen LogP contribution in [-0.2, 0) is 116 Å². The molecule has 0 aliphatic heterocycles. The summed E-state index contributed by atoms with van der Waals surface area (Å²) in [6, 6.07) is 0. The summed E-state index contributed by atoms with van der Waals surface area (Å²) in [5.41, 5.74) is 0. The minimum absolute atomic E-state index is 0.630. The van der Waals surface area contributed by atoms with Gasteiger partial charge >= 0.3 is 117 Å². The van der Waals surface area contributed by atoms with Crippen molar-refractivity contribution < 1.29 is 439 Å². The first-order chi connectivity index (χ1) is 56.4. The van der Waals surface area contributed by atoms with Crippen LogP contribution in [0.5, 0.6) is 0 Å². The molecule has 0 unspecified atom stereocenters. The Labute approximate surface area is 744 Å². The van der Waals surface area contributed by atoms with Gasteiger partial charge in [0.2, 0.25) is 62.9 Å². The van der Waals surface area contributed by atoms with Gasteiger partial charge in [-0.2, -0.15) is 0 Å². The van der Waals surface area contributed by atoms with Crippen molar-refractivity contribution in [2.45, 2.75) is 132 Å². The molecular formula is C30H105O90P15. The van der Waals surface area contributed by atoms with Gasteiger partial charge < -0.3 is 322 Å². The molecule has 0 aliphatic carbocycles. The summed E-state index contributed by atoms with van der Waals surface area (Å²) in [4.78, 5) is 420. The molecule has 0 aliphatic rings. The molecular weight excluding hydrogens is 2260 g/mol. The highest BCUT2D eigenvalue weighted by Crippen LogP contribution is 2.31. The van der Waals surface area contributed by atoms with Gasteiger partial charge in [-0.1, -0.05) is 0 Å². The molecule has 0 aromatic carbocycles. The average molecular weight is 2370 g/mol. The Kier molecular flexibility index (Phi) is 151. The van der Waals surface area contributed by atoms with Crippen LogP contribution < -0.4 is 0 Å². The topological polar surface area (TPSA) is 1740 Å². The molecule has 0 spiro atoms. The van der Waals surface area contributed by atoms with Crippen LogP contribution in [0.3, 0.4) is 0 Å². The van der Waals surface area contributed by atoms with Crippen molar-refractivity contribution in [3.05, 3.63) is 0 Å². The molecule has 840 valence electrons. The fraction of sp³-hybridized carbons (Fsp3) is 0.667. The van der Waals surface area contributed by atoms with Crippen LogP contribution in [-0.4, -0.2) is 443 Å². The van der Waals surface area contributed by atoms with Gasteiger partial charge in [0.05, 0.1) is 0 Å². The molecule has 0 saturated heterocycles. The quantitative estimate of drug-likeness (QED) is 0.0713. The summed E-state index contributed by atoms with van der Waals surface area (Å²) in [6.07, 6.45) is -17.9. The van der Waals surface area contributed by atoms with Crippen LogP contribution in [0, 0.1) is 0 Å². The molecule has 0 radical (unpaired) electrons. The first-order valence-electron chi connectivity index (χ1n) is 26.8. The fourth-order valence-corrected chi connectivity index (χ4v) is 0. The summed E-state index contributed by atoms with van der Waals surface area (Å²) in [5.74, 6) is -6.30. The zero-order chi connectivity index (χ0) is 119. The molecule has 0 fully saturated rings. The van der Waals surface area contributed by atoms with Gasteiger partial charge in [0.1, 0.15) is 0 Å². The predicted octanol–water partition coefficient (Wildman–Crippen LogP) is -25.1. The van der Waals surface area contributed by atoms with Crippen LogP contribution in [0.2, 0.25) is 0 Å². The Morgan fingerprint density at radius 1 is 0.104 bits per heavy atom. The maximum atomic E-state index is 9.64. The van der Waals surface area contributed by atoms with E-state index in [1.54, 1.807) is 0 Å². The number of aliphatic hydroxyl groups is 20. The Morgan fingerprint density at radius 2 is 0.111 bits per heavy atom. The van der Waals surface area contributed by atoms with E-state index in [2.05, 4.69) is 0 Å². The first-order valence-corrected chi connectivity index (χ1v) is 50.3. The number of carbonyl (C=O) groups excluding carboxylic acids is 10. The van der Waals surface area contributed by atoms with E-state index in [1.807, 2.05) is 0 Å². The molecule has 0 bridgehead atoms. The summed E-state index contributed by atoms with van der Waals surface area (Å²) < 4.78 is 133. The summed E-state index contributed by atoms with van der Waals surface area (Å²) in [5, 5.41) is 157. The minimum atomic E-state index is -4.64. The largest absolute Gasteiger partial charge is 0.466 e. The van der Waals surface area contributed by atoms with Gasteiger partial charge in [0.15, 0.2) is 57.8 Å². The van der Waals surface area contributed by atoms with E-state index < -0.39 is 238 Å². The maximum Gasteiger partial charge on any atom is 0.466 e. The van der Waals surface area contributed by atoms with Crippen molar-refractivity contribution in [1.29, 1.82) is 0 Å². The SMILES string of the molecule is CC(=O)C(O)O.CC(=O)C(O)O.CC(=O)C(O)O.CC(=O)C(O)O.CC(=O)C(O)O.CC(=O)C(O)O.CC(=O)C(O)O.CC(=O)C(O)O.CC(=O)C(O)O.CC(=O)C(O)O.O=P(O)(O)O.O=P(O)(O)O.O=P(O)(O)O.O=P(O)(O)O.O=P(O)(O)O.O=P(O)(O)O.O=P(O)(O)O.O=P(O)(O)O.O=P(O)(O)O.O=P(O)(O)O.O=P(O)(O)O.O=P(O)(O)O.O=P(O)(O)O.O=P(O)(O)O.O=P(O)(O)O. The van der Waals surface area contributed by atoms with Crippen molar-refractivity contribution in [2.24, 2.45) is 0 Å². The van der Waals surface area contributed by atoms with Crippen LogP contribution in [0.25, 0.3) is 0 Å². The van der Waals surface area contributed by atoms with E-state index in [-0.39, 0.29) is 0 Å². The molecule has 135 heavy (non-hydrogen) atoms. The number of rotatable bonds is 10. The predicted molar refractivity (Wildman–Crippen MR) is 403 cm³/mol. The Morgan fingerprint density at radius 3 is 0.111 bits per heavy atom. The van der Waals surface area contributed by atoms with Gasteiger partial charge in [-0.05, 0) is 69.2 Å². The second kappa shape index (κ2) is 103. The van der Waals surface area contributed by atoms with Crippen LogP contribution in [0.15, 0.2) is 0 Å². The average Bonchev–Trinajstić information content (AvgIpc) is 3.39. The van der Waals surface area contributed by atoms with Crippen LogP contribution >= 0.6 is 117 Å². The van der Waals surface area contributed by atoms with Gasteiger partial charge in [-0.15, -0.1) is 0 Å². The van der Waals surface area contributed by atoms with E-state index >= 15 is 0 Å². The zero-order valence-electron chi connectivity index (χ0n) is 66.8. The molecule has 90 nitrogen and oxygen atoms in total. The highest BCUT2D eigenvalue weighted by atomic mass is 31.2. The van der Waals surface area contributed by atoms with Crippen molar-refractivity contribution in [3.8, 4) is 0 Å². The maximum absolute atomic E-state index is 9.64. The highest BCUT2D eigenvalue weighted by molar-refractivity contribution is 7.48. The van der Waals surface area contributed by atoms with E-state index in [9.17, 15) is 47.9 Å². The Balaban J connectivity index is -0.0000000406. The normalized spacial score (nSPS) is 10.7. The molecule has 0 rings (SSSR count). The van der Waals surface area contributed by atoms with E-state index in [4.69, 9.17) is 391 Å². The molecule has 105 heteroatoms. The summed E-state index contributed by atoms with van der Waals surface area (Å²) in [7, 11) is -69.6. The number of aliphatic hydroxyl groups excluding tert-OH is 10. The van der Waals surface area contributed by atoms with Gasteiger partial charge in [-0.3, -0.25) is 47.9 Å². The monoisotopic (exact) mass is 2370 g/mol. The molecule has 0 aromatic rings. The van der Waals surface area contributed by atoms with Crippen molar-refractivity contribution in [1.82, 2.24) is 0 Å². The minimum Gasteiger partial charge on any atom is -0.362 e. The molecule has 0 amide bonds. The zero-order valence-corrected chi connectivity index (χ0v) is 80.2. The Bertz CT molecular complexity index is 2710. The second-order valence-corrected chi connectivity index (χ2v) is 32.9. The lowest BCUT2D eigenvalue weighted by atomic mass is 10.4. The first kappa shape index (κ1) is 198. The summed E-state index contributed by atoms with van der Waals surface area (Å²) >= 11 is 0. The van der Waals surface area contributed by atoms with E-state index in [0.717, 1.165) is 69.2 Å². The van der Waals surface area contributed by atoms with E-state index in [1.165, 1.54) is 0 Å². The molecule has 0 heterocycles. The lowest BCUT2D eigenvalue weighted by Gasteiger charge is -1.90. The number of hydrogen-bond acceptors (Lipinski definition) is 45. The fourth-order valence-electron chi connectivity index (χ4n) is 0. The Hall–Kier alpha value is -2.45. The number of Topliss-reactive ketones (excluding diaryl/α,β-unsaturated/α-hetero) is 10. The second-order valence-electron chi connectivity index (χ2n) is 17.5. The smallest absolute Gasteiger partial charge is 0.362 e. The number of ketones is 10. The van der Waals surface area contributed by atoms with Gasteiger partial charge in [0.25, 0.3) is 0 Å². The van der Waals surface area contributed by atoms with Gasteiger partial charge in [0, 0.05) is 0 Å². The lowest BCUT2D eigenvalue weighted by Crippen LogP contribution is -2.14. The molecule has 0 aromatic heterocycles. The number of carbonyl (C=O) groups is 10. The van der Waals surface area contributed by atoms with Crippen LogP contribution in [0.1, 0.15) is 69.2 Å². The van der Waals surface area contributed by atoms with Crippen LogP contribution in [0.4, 0.5) is 0 Å². The third-order valence-corrected chi connectivity index (χ3v) is 3.64. The van der Waals surface area contributed by atoms with Crippen molar-refractivity contribution in [2.75, 3.05) is 0 Å². The molecule has 0 saturated carbocycles. The van der Waals surface area contributed by atoms with E-state index in [0.29, 0.717) is 0 Å². The molecule has 0 atom stereocenters. The van der Waals surface area contributed by atoms with Crippen molar-refractivity contribution >= 4 is 175 Å². The van der Waals surface area contributed by atoms with Gasteiger partial charge in [-0.25, -0.2) is 68.5 Å². The number of hydrogen-bond donors (Lipinski definition) is 65. The van der Waals surface area contributed by atoms with Crippen molar-refractivity contribution in [3.63, 3.8) is 0 Å². The number of phosphoric acid groups is 15. The third-order valence-electron chi connectivity index (χ3n) is 3.64.